The van der Waals surface area contributed by atoms with Gasteiger partial charge in [-0.1, -0.05) is 55.4 Å². The number of fused-ring (bicyclic) bond motifs is 1. The molecule has 3 nitrogen and oxygen atoms in total. The molecule has 0 fully saturated rings. The Bertz CT molecular complexity index is 881. The van der Waals surface area contributed by atoms with Gasteiger partial charge in [-0.2, -0.15) is 0 Å². The van der Waals surface area contributed by atoms with Gasteiger partial charge in [0.2, 0.25) is 0 Å². The van der Waals surface area contributed by atoms with E-state index in [4.69, 9.17) is 16.6 Å². The Kier molecular flexibility index (Phi) is 4.48. The molecule has 1 N–H and O–H groups in total. The first-order chi connectivity index (χ1) is 12.0. The largest absolute Gasteiger partial charge is 0.316 e. The molecule has 1 aliphatic rings. The number of anilines is 2. The lowest BCUT2D eigenvalue weighted by molar-refractivity contribution is 0.391. The van der Waals surface area contributed by atoms with Crippen molar-refractivity contribution < 1.29 is 0 Å². The topological polar surface area (TPSA) is 37.8 Å². The third kappa shape index (κ3) is 4.00. The molecule has 0 atom stereocenters. The highest BCUT2D eigenvalue weighted by molar-refractivity contribution is 7.99. The van der Waals surface area contributed by atoms with E-state index >= 15 is 0 Å². The molecule has 6 heteroatoms. The number of thiazole rings is 1. The molecule has 4 rings (SSSR count). The van der Waals surface area contributed by atoms with Gasteiger partial charge in [0.1, 0.15) is 11.0 Å². The van der Waals surface area contributed by atoms with Crippen LogP contribution in [0.5, 0.6) is 0 Å². The number of hydrogen-bond donors (Lipinski definition) is 1. The molecule has 0 bridgehead atoms. The van der Waals surface area contributed by atoms with Crippen molar-refractivity contribution in [1.82, 2.24) is 9.97 Å². The van der Waals surface area contributed by atoms with Crippen LogP contribution in [0.25, 0.3) is 0 Å². The van der Waals surface area contributed by atoms with Crippen molar-refractivity contribution in [2.45, 2.75) is 36.5 Å². The van der Waals surface area contributed by atoms with Crippen molar-refractivity contribution in [2.75, 3.05) is 5.32 Å². The fourth-order valence-electron chi connectivity index (χ4n) is 2.99. The number of nitrogens with zero attached hydrogens (tertiary/aromatic N) is 2. The number of nitrogens with one attached hydrogen (secondary N) is 1. The number of aromatic nitrogens is 2. The van der Waals surface area contributed by atoms with E-state index in [1.807, 2.05) is 30.3 Å². The van der Waals surface area contributed by atoms with Crippen LogP contribution in [0.2, 0.25) is 5.15 Å². The Labute approximate surface area is 160 Å². The lowest BCUT2D eigenvalue weighted by atomic mass is 9.91. The number of hydrogen-bond acceptors (Lipinski definition) is 5. The van der Waals surface area contributed by atoms with Gasteiger partial charge in [-0.3, -0.25) is 0 Å². The average molecular weight is 388 g/mol. The predicted octanol–water partition coefficient (Wildman–Crippen LogP) is 6.21. The van der Waals surface area contributed by atoms with Crippen molar-refractivity contribution in [2.24, 2.45) is 5.41 Å². The van der Waals surface area contributed by atoms with E-state index in [2.05, 4.69) is 36.3 Å². The summed E-state index contributed by atoms with van der Waals surface area (Å²) in [6.45, 7) is 4.58. The maximum Gasteiger partial charge on any atom is 0.188 e. The lowest BCUT2D eigenvalue weighted by Gasteiger charge is -2.15. The Hall–Kier alpha value is -1.56. The maximum atomic E-state index is 6.21. The standard InChI is InChI=1S/C19H18ClN3S2/c1-19(2)10-14-15(11-19)25-18(21-14)23-17-9-13(8-16(20)22-17)24-12-6-4-3-5-7-12/h3-9H,10-11H2,1-2H3,(H,21,22,23). The summed E-state index contributed by atoms with van der Waals surface area (Å²) in [4.78, 5) is 12.7. The SMILES string of the molecule is CC1(C)Cc2nc(Nc3cc(Sc4ccccc4)cc(Cl)n3)sc2C1. The molecule has 2 heterocycles. The maximum absolute atomic E-state index is 6.21. The molecule has 3 aromatic rings. The summed E-state index contributed by atoms with van der Waals surface area (Å²) in [7, 11) is 0. The Morgan fingerprint density at radius 1 is 1.08 bits per heavy atom. The molecule has 0 saturated carbocycles. The molecule has 2 aromatic heterocycles. The van der Waals surface area contributed by atoms with Crippen molar-refractivity contribution in [3.8, 4) is 0 Å². The molecule has 0 unspecified atom stereocenters. The lowest BCUT2D eigenvalue weighted by Crippen LogP contribution is -2.10. The summed E-state index contributed by atoms with van der Waals surface area (Å²) in [5.74, 6) is 0.734. The molecule has 1 aromatic carbocycles. The van der Waals surface area contributed by atoms with Gasteiger partial charge in [-0.25, -0.2) is 9.97 Å². The third-order valence-electron chi connectivity index (χ3n) is 4.04. The molecule has 0 spiro atoms. The van der Waals surface area contributed by atoms with E-state index in [-0.39, 0.29) is 0 Å². The van der Waals surface area contributed by atoms with Gasteiger partial charge in [0.05, 0.1) is 5.69 Å². The second-order valence-electron chi connectivity index (χ2n) is 6.96. The summed E-state index contributed by atoms with van der Waals surface area (Å²) in [5, 5.41) is 4.70. The monoisotopic (exact) mass is 387 g/mol. The van der Waals surface area contributed by atoms with E-state index in [1.165, 1.54) is 15.5 Å². The minimum absolute atomic E-state index is 0.334. The summed E-state index contributed by atoms with van der Waals surface area (Å²) in [6.07, 6.45) is 2.14. The van der Waals surface area contributed by atoms with Gasteiger partial charge >= 0.3 is 0 Å². The van der Waals surface area contributed by atoms with Crippen molar-refractivity contribution in [3.63, 3.8) is 0 Å². The first kappa shape index (κ1) is 16.9. The van der Waals surface area contributed by atoms with E-state index in [0.717, 1.165) is 28.7 Å². The van der Waals surface area contributed by atoms with Gasteiger partial charge in [0.15, 0.2) is 5.13 Å². The molecule has 1 aliphatic carbocycles. The average Bonchev–Trinajstić information content (AvgIpc) is 3.00. The number of benzene rings is 1. The first-order valence-electron chi connectivity index (χ1n) is 8.13. The van der Waals surface area contributed by atoms with Crippen LogP contribution in [0.4, 0.5) is 10.9 Å². The Balaban J connectivity index is 1.53. The molecule has 128 valence electrons. The number of halogens is 1. The van der Waals surface area contributed by atoms with E-state index < -0.39 is 0 Å². The molecule has 25 heavy (non-hydrogen) atoms. The predicted molar refractivity (Wildman–Crippen MR) is 106 cm³/mol. The number of pyridine rings is 1. The summed E-state index contributed by atoms with van der Waals surface area (Å²) < 4.78 is 0. The van der Waals surface area contributed by atoms with Gasteiger partial charge in [0, 0.05) is 14.7 Å². The molecule has 0 radical (unpaired) electrons. The fourth-order valence-corrected chi connectivity index (χ4v) is 5.42. The van der Waals surface area contributed by atoms with Crippen LogP contribution >= 0.6 is 34.7 Å². The molecule has 0 saturated heterocycles. The van der Waals surface area contributed by atoms with Crippen LogP contribution < -0.4 is 5.32 Å². The van der Waals surface area contributed by atoms with Crippen LogP contribution in [0.1, 0.15) is 24.4 Å². The highest BCUT2D eigenvalue weighted by atomic mass is 35.5. The zero-order valence-corrected chi connectivity index (χ0v) is 16.4. The highest BCUT2D eigenvalue weighted by Crippen LogP contribution is 2.41. The van der Waals surface area contributed by atoms with Crippen LogP contribution in [-0.4, -0.2) is 9.97 Å². The van der Waals surface area contributed by atoms with Crippen LogP contribution in [0, 0.1) is 5.41 Å². The molecular formula is C19H18ClN3S2. The minimum Gasteiger partial charge on any atom is -0.316 e. The van der Waals surface area contributed by atoms with Crippen molar-refractivity contribution in [3.05, 3.63) is 58.2 Å². The Morgan fingerprint density at radius 2 is 1.88 bits per heavy atom. The summed E-state index contributed by atoms with van der Waals surface area (Å²) in [5.41, 5.74) is 1.55. The first-order valence-corrected chi connectivity index (χ1v) is 10.1. The van der Waals surface area contributed by atoms with Crippen molar-refractivity contribution >= 4 is 45.6 Å². The quantitative estimate of drug-likeness (QED) is 0.540. The van der Waals surface area contributed by atoms with Crippen LogP contribution in [-0.2, 0) is 12.8 Å². The van der Waals surface area contributed by atoms with E-state index in [1.54, 1.807) is 23.1 Å². The van der Waals surface area contributed by atoms with Gasteiger partial charge in [-0.15, -0.1) is 11.3 Å². The highest BCUT2D eigenvalue weighted by Gasteiger charge is 2.31. The number of rotatable bonds is 4. The van der Waals surface area contributed by atoms with E-state index in [0.29, 0.717) is 10.6 Å². The van der Waals surface area contributed by atoms with Crippen LogP contribution in [0.15, 0.2) is 52.3 Å². The zero-order chi connectivity index (χ0) is 17.4. The van der Waals surface area contributed by atoms with Crippen LogP contribution in [0.3, 0.4) is 0 Å². The third-order valence-corrected chi connectivity index (χ3v) is 6.23. The normalized spacial score (nSPS) is 15.2. The fraction of sp³-hybridized carbons (Fsp3) is 0.263. The molecule has 0 aliphatic heterocycles. The van der Waals surface area contributed by atoms with Gasteiger partial charge in [-0.05, 0) is 42.5 Å². The summed E-state index contributed by atoms with van der Waals surface area (Å²) >= 11 is 9.60. The smallest absolute Gasteiger partial charge is 0.188 e. The van der Waals surface area contributed by atoms with Gasteiger partial charge in [0.25, 0.3) is 0 Å². The second kappa shape index (κ2) is 6.63. The molecular weight excluding hydrogens is 370 g/mol. The Morgan fingerprint density at radius 3 is 2.64 bits per heavy atom. The zero-order valence-electron chi connectivity index (χ0n) is 14.0. The van der Waals surface area contributed by atoms with Crippen molar-refractivity contribution in [1.29, 1.82) is 0 Å². The van der Waals surface area contributed by atoms with E-state index in [9.17, 15) is 0 Å². The second-order valence-corrected chi connectivity index (χ2v) is 9.58. The van der Waals surface area contributed by atoms with Gasteiger partial charge < -0.3 is 5.32 Å². The minimum atomic E-state index is 0.334. The molecule has 0 amide bonds. The summed E-state index contributed by atoms with van der Waals surface area (Å²) in [6, 6.07) is 14.1.